The molecule has 2 atom stereocenters. The number of anilines is 2. The molecule has 0 aliphatic heterocycles. The fourth-order valence-electron chi connectivity index (χ4n) is 3.30. The fourth-order valence-corrected chi connectivity index (χ4v) is 5.87. The molecule has 6 heteroatoms. The quantitative estimate of drug-likeness (QED) is 0.265. The Bertz CT molecular complexity index is 992. The van der Waals surface area contributed by atoms with Crippen LogP contribution in [0.2, 0.25) is 5.02 Å². The van der Waals surface area contributed by atoms with Gasteiger partial charge in [-0.25, -0.2) is 0 Å². The predicted molar refractivity (Wildman–Crippen MR) is 133 cm³/mol. The molecule has 1 N–H and O–H groups in total. The number of unbranched alkanes of at least 4 members (excludes halogenated alkanes) is 1. The minimum Gasteiger partial charge on any atom is -0.378 e. The molecule has 0 aliphatic carbocycles. The van der Waals surface area contributed by atoms with Crippen LogP contribution in [0.25, 0.3) is 0 Å². The molecule has 0 fully saturated rings. The highest BCUT2D eigenvalue weighted by atomic mass is 35.5. The summed E-state index contributed by atoms with van der Waals surface area (Å²) in [6, 6.07) is 25.0. The van der Waals surface area contributed by atoms with Gasteiger partial charge in [-0.05, 0) is 60.5 Å². The molecule has 3 rings (SSSR count). The Morgan fingerprint density at radius 1 is 0.968 bits per heavy atom. The Balaban J connectivity index is 2.08. The first-order valence-corrected chi connectivity index (χ1v) is 12.6. The molecule has 0 aliphatic rings. The molecule has 0 saturated heterocycles. The number of hydrogen-bond donors (Lipinski definition) is 1. The van der Waals surface area contributed by atoms with Crippen LogP contribution < -0.4 is 15.5 Å². The lowest BCUT2D eigenvalue weighted by atomic mass is 10.2. The summed E-state index contributed by atoms with van der Waals surface area (Å²) in [7, 11) is 0.635. The van der Waals surface area contributed by atoms with Gasteiger partial charge in [-0.2, -0.15) is 0 Å². The van der Waals surface area contributed by atoms with Crippen LogP contribution in [-0.4, -0.2) is 20.7 Å². The summed E-state index contributed by atoms with van der Waals surface area (Å²) < 4.78 is 20.9. The van der Waals surface area contributed by atoms with Crippen molar-refractivity contribution >= 4 is 35.6 Å². The highest BCUT2D eigenvalue weighted by molar-refractivity contribution is 7.67. The molecule has 0 saturated carbocycles. The van der Waals surface area contributed by atoms with E-state index in [0.29, 0.717) is 16.9 Å². The number of nitrogens with one attached hydrogen (secondary N) is 1. The van der Waals surface area contributed by atoms with Gasteiger partial charge in [-0.15, -0.1) is 0 Å². The molecule has 3 aromatic rings. The van der Waals surface area contributed by atoms with E-state index >= 15 is 0 Å². The van der Waals surface area contributed by atoms with Crippen LogP contribution in [-0.2, 0) is 9.09 Å². The predicted octanol–water partition coefficient (Wildman–Crippen LogP) is 6.94. The highest BCUT2D eigenvalue weighted by Gasteiger charge is 2.38. The summed E-state index contributed by atoms with van der Waals surface area (Å²) in [6.07, 6.45) is 1.82. The summed E-state index contributed by atoms with van der Waals surface area (Å²) in [5.41, 5.74) is 2.79. The molecular weight excluding hydrogens is 427 g/mol. The van der Waals surface area contributed by atoms with E-state index in [0.717, 1.165) is 29.8 Å². The first-order valence-electron chi connectivity index (χ1n) is 10.5. The van der Waals surface area contributed by atoms with Crippen LogP contribution in [0.5, 0.6) is 0 Å². The second-order valence-electron chi connectivity index (χ2n) is 7.66. The molecule has 4 nitrogen and oxygen atoms in total. The van der Waals surface area contributed by atoms with Gasteiger partial charge in [0.25, 0.3) is 7.37 Å². The minimum absolute atomic E-state index is 0.434. The van der Waals surface area contributed by atoms with E-state index in [2.05, 4.69) is 12.2 Å². The van der Waals surface area contributed by atoms with Crippen LogP contribution in [0.4, 0.5) is 11.4 Å². The van der Waals surface area contributed by atoms with E-state index in [-0.39, 0.29) is 0 Å². The normalized spacial score (nSPS) is 13.9. The van der Waals surface area contributed by atoms with Crippen molar-refractivity contribution in [1.29, 1.82) is 0 Å². The molecule has 31 heavy (non-hydrogen) atoms. The van der Waals surface area contributed by atoms with Crippen molar-refractivity contribution in [3.05, 3.63) is 89.4 Å². The third-order valence-corrected chi connectivity index (χ3v) is 8.05. The van der Waals surface area contributed by atoms with E-state index in [1.807, 2.05) is 97.9 Å². The van der Waals surface area contributed by atoms with E-state index < -0.39 is 13.2 Å². The van der Waals surface area contributed by atoms with Crippen molar-refractivity contribution in [1.82, 2.24) is 0 Å². The second kappa shape index (κ2) is 10.9. The van der Waals surface area contributed by atoms with Crippen molar-refractivity contribution < 1.29 is 9.09 Å². The van der Waals surface area contributed by atoms with Gasteiger partial charge < -0.3 is 14.7 Å². The van der Waals surface area contributed by atoms with Crippen LogP contribution in [0, 0.1) is 0 Å². The molecule has 0 heterocycles. The van der Waals surface area contributed by atoms with Gasteiger partial charge in [0.05, 0.1) is 6.61 Å². The highest BCUT2D eigenvalue weighted by Crippen LogP contribution is 2.59. The smallest absolute Gasteiger partial charge is 0.258 e. The van der Waals surface area contributed by atoms with Crippen molar-refractivity contribution in [3.63, 3.8) is 0 Å². The van der Waals surface area contributed by atoms with Crippen molar-refractivity contribution in [2.45, 2.75) is 25.5 Å². The number of para-hydroxylation sites is 1. The lowest BCUT2D eigenvalue weighted by Gasteiger charge is -2.30. The Morgan fingerprint density at radius 2 is 1.61 bits per heavy atom. The van der Waals surface area contributed by atoms with E-state index in [1.165, 1.54) is 0 Å². The lowest BCUT2D eigenvalue weighted by Crippen LogP contribution is -2.21. The first kappa shape index (κ1) is 23.4. The molecule has 0 unspecified atom stereocenters. The maximum Gasteiger partial charge on any atom is 0.258 e. The van der Waals surface area contributed by atoms with Crippen LogP contribution >= 0.6 is 19.0 Å². The third kappa shape index (κ3) is 5.92. The van der Waals surface area contributed by atoms with Gasteiger partial charge in [0.15, 0.2) is 0 Å². The minimum atomic E-state index is -3.34. The van der Waals surface area contributed by atoms with E-state index in [4.69, 9.17) is 16.1 Å². The van der Waals surface area contributed by atoms with Crippen LogP contribution in [0.3, 0.4) is 0 Å². The zero-order valence-electron chi connectivity index (χ0n) is 18.3. The van der Waals surface area contributed by atoms with Crippen LogP contribution in [0.1, 0.15) is 31.1 Å². The number of nitrogens with zero attached hydrogens (tertiary/aromatic N) is 1. The standard InChI is InChI=1S/C25H30ClN2O2P/c1-4-5-19-30-31(29,24-17-15-23(16-18-24)28(2)3)25(20-11-13-21(26)14-12-20)27-22-9-7-6-8-10-22/h6-18,25,27H,4-5,19H2,1-3H3/t25-,31-/m0/s1. The molecule has 164 valence electrons. The molecule has 0 spiro atoms. The number of hydrogen-bond acceptors (Lipinski definition) is 4. The summed E-state index contributed by atoms with van der Waals surface area (Å²) in [6.45, 7) is 2.53. The maximum atomic E-state index is 14.6. The van der Waals surface area contributed by atoms with Crippen molar-refractivity contribution in [2.75, 3.05) is 30.9 Å². The number of halogens is 1. The molecule has 0 bridgehead atoms. The lowest BCUT2D eigenvalue weighted by molar-refractivity contribution is 0.308. The second-order valence-corrected chi connectivity index (χ2v) is 10.6. The van der Waals surface area contributed by atoms with Gasteiger partial charge >= 0.3 is 0 Å². The summed E-state index contributed by atoms with van der Waals surface area (Å²) in [5, 5.41) is 4.81. The third-order valence-electron chi connectivity index (χ3n) is 5.11. The fraction of sp³-hybridized carbons (Fsp3) is 0.280. The molecule has 0 amide bonds. The molecule has 0 radical (unpaired) electrons. The zero-order chi connectivity index (χ0) is 22.3. The number of benzene rings is 3. The van der Waals surface area contributed by atoms with Crippen molar-refractivity contribution in [2.24, 2.45) is 0 Å². The molecule has 0 aromatic heterocycles. The maximum absolute atomic E-state index is 14.6. The summed E-state index contributed by atoms with van der Waals surface area (Å²) >= 11 is 6.13. The van der Waals surface area contributed by atoms with Gasteiger partial charge in [-0.3, -0.25) is 4.57 Å². The van der Waals surface area contributed by atoms with E-state index in [1.54, 1.807) is 0 Å². The average molecular weight is 457 g/mol. The van der Waals surface area contributed by atoms with Gasteiger partial charge in [0.2, 0.25) is 0 Å². The summed E-state index contributed by atoms with van der Waals surface area (Å²) in [4.78, 5) is 2.02. The Hall–Kier alpha value is -2.26. The topological polar surface area (TPSA) is 41.6 Å². The van der Waals surface area contributed by atoms with Gasteiger partial charge in [-0.1, -0.05) is 55.3 Å². The Morgan fingerprint density at radius 3 is 2.19 bits per heavy atom. The Kier molecular flexibility index (Phi) is 8.20. The van der Waals surface area contributed by atoms with Gasteiger partial charge in [0.1, 0.15) is 5.78 Å². The van der Waals surface area contributed by atoms with Crippen LogP contribution in [0.15, 0.2) is 78.9 Å². The zero-order valence-corrected chi connectivity index (χ0v) is 19.9. The monoisotopic (exact) mass is 456 g/mol. The average Bonchev–Trinajstić information content (AvgIpc) is 2.79. The summed E-state index contributed by atoms with van der Waals surface area (Å²) in [5.74, 6) is -0.547. The number of rotatable bonds is 10. The van der Waals surface area contributed by atoms with Crippen molar-refractivity contribution in [3.8, 4) is 0 Å². The first-order chi connectivity index (χ1) is 14.9. The molecular formula is C25H30ClN2O2P. The van der Waals surface area contributed by atoms with Gasteiger partial charge in [0, 0.05) is 35.8 Å². The SMILES string of the molecule is CCCCO[P@@](=O)(c1ccc(N(C)C)cc1)[C@H](Nc1ccccc1)c1ccc(Cl)cc1. The van der Waals surface area contributed by atoms with E-state index in [9.17, 15) is 4.57 Å². The largest absolute Gasteiger partial charge is 0.378 e. The molecule has 3 aromatic carbocycles. The Labute approximate surface area is 190 Å².